The van der Waals surface area contributed by atoms with Crippen LogP contribution in [0.3, 0.4) is 0 Å². The van der Waals surface area contributed by atoms with E-state index in [4.69, 9.17) is 9.84 Å². The summed E-state index contributed by atoms with van der Waals surface area (Å²) in [5.41, 5.74) is 0.891. The maximum absolute atomic E-state index is 13.5. The minimum atomic E-state index is -1.21. The molecule has 0 amide bonds. The van der Waals surface area contributed by atoms with Crippen molar-refractivity contribution in [3.8, 4) is 5.75 Å². The minimum Gasteiger partial charge on any atom is -0.493 e. The van der Waals surface area contributed by atoms with Crippen molar-refractivity contribution in [2.24, 2.45) is 0 Å². The predicted molar refractivity (Wildman–Crippen MR) is 57.9 cm³/mol. The molecule has 0 aromatic heterocycles. The van der Waals surface area contributed by atoms with Gasteiger partial charge in [0, 0.05) is 6.61 Å². The molecule has 4 heteroatoms. The SMILES string of the molecule is COc1c(F)cc(C(C)F)cc1CCCO. The van der Waals surface area contributed by atoms with E-state index in [9.17, 15) is 8.78 Å². The fraction of sp³-hybridized carbons (Fsp3) is 0.500. The second kappa shape index (κ2) is 5.80. The molecule has 2 nitrogen and oxygen atoms in total. The van der Waals surface area contributed by atoms with Gasteiger partial charge in [-0.25, -0.2) is 8.78 Å². The quantitative estimate of drug-likeness (QED) is 0.842. The third-order valence-corrected chi connectivity index (χ3v) is 2.41. The number of benzene rings is 1. The van der Waals surface area contributed by atoms with Crippen LogP contribution in [0.2, 0.25) is 0 Å². The van der Waals surface area contributed by atoms with E-state index in [-0.39, 0.29) is 12.4 Å². The van der Waals surface area contributed by atoms with E-state index in [1.807, 2.05) is 0 Å². The van der Waals surface area contributed by atoms with Gasteiger partial charge in [-0.05, 0) is 43.0 Å². The van der Waals surface area contributed by atoms with Gasteiger partial charge in [0.25, 0.3) is 0 Å². The molecule has 0 aliphatic heterocycles. The summed E-state index contributed by atoms with van der Waals surface area (Å²) in [6.45, 7) is 1.37. The van der Waals surface area contributed by atoms with E-state index in [1.165, 1.54) is 14.0 Å². The minimum absolute atomic E-state index is 0.0141. The van der Waals surface area contributed by atoms with Crippen LogP contribution in [0.5, 0.6) is 5.75 Å². The highest BCUT2D eigenvalue weighted by Gasteiger charge is 2.14. The largest absolute Gasteiger partial charge is 0.493 e. The smallest absolute Gasteiger partial charge is 0.165 e. The number of ether oxygens (including phenoxy) is 1. The van der Waals surface area contributed by atoms with Gasteiger partial charge in [-0.3, -0.25) is 0 Å². The molecule has 0 radical (unpaired) electrons. The van der Waals surface area contributed by atoms with E-state index in [1.54, 1.807) is 6.07 Å². The topological polar surface area (TPSA) is 29.5 Å². The van der Waals surface area contributed by atoms with Crippen LogP contribution in [0, 0.1) is 5.82 Å². The Hall–Kier alpha value is -1.16. The molecule has 0 saturated carbocycles. The van der Waals surface area contributed by atoms with E-state index >= 15 is 0 Å². The van der Waals surface area contributed by atoms with Crippen LogP contribution in [0.4, 0.5) is 8.78 Å². The zero-order valence-electron chi connectivity index (χ0n) is 9.46. The molecular formula is C12H16F2O2. The highest BCUT2D eigenvalue weighted by atomic mass is 19.1. The Labute approximate surface area is 93.9 Å². The van der Waals surface area contributed by atoms with Gasteiger partial charge >= 0.3 is 0 Å². The fourth-order valence-corrected chi connectivity index (χ4v) is 1.59. The van der Waals surface area contributed by atoms with E-state index in [2.05, 4.69) is 0 Å². The van der Waals surface area contributed by atoms with Crippen LogP contribution >= 0.6 is 0 Å². The zero-order chi connectivity index (χ0) is 12.1. The second-order valence-corrected chi connectivity index (χ2v) is 3.64. The Morgan fingerprint density at radius 2 is 2.12 bits per heavy atom. The molecule has 16 heavy (non-hydrogen) atoms. The molecule has 1 rings (SSSR count). The molecule has 1 aromatic rings. The van der Waals surface area contributed by atoms with Gasteiger partial charge in [0.15, 0.2) is 11.6 Å². The number of aryl methyl sites for hydroxylation is 1. The first kappa shape index (κ1) is 12.9. The van der Waals surface area contributed by atoms with E-state index in [0.717, 1.165) is 6.07 Å². The number of methoxy groups -OCH3 is 1. The lowest BCUT2D eigenvalue weighted by molar-refractivity contribution is 0.287. The van der Waals surface area contributed by atoms with E-state index in [0.29, 0.717) is 24.0 Å². The van der Waals surface area contributed by atoms with Crippen LogP contribution in [0.1, 0.15) is 30.6 Å². The predicted octanol–water partition coefficient (Wildman–Crippen LogP) is 2.79. The number of aliphatic hydroxyl groups excluding tert-OH is 1. The molecule has 1 atom stereocenters. The molecule has 0 aliphatic carbocycles. The average molecular weight is 230 g/mol. The van der Waals surface area contributed by atoms with Gasteiger partial charge < -0.3 is 9.84 Å². The van der Waals surface area contributed by atoms with Crippen molar-refractivity contribution >= 4 is 0 Å². The highest BCUT2D eigenvalue weighted by Crippen LogP contribution is 2.29. The van der Waals surface area contributed by atoms with Gasteiger partial charge in [0.2, 0.25) is 0 Å². The van der Waals surface area contributed by atoms with Crippen LogP contribution in [0.15, 0.2) is 12.1 Å². The first-order valence-corrected chi connectivity index (χ1v) is 5.21. The van der Waals surface area contributed by atoms with Gasteiger partial charge in [-0.1, -0.05) is 0 Å². The number of rotatable bonds is 5. The summed E-state index contributed by atoms with van der Waals surface area (Å²) in [6, 6.07) is 2.73. The highest BCUT2D eigenvalue weighted by molar-refractivity contribution is 5.39. The van der Waals surface area contributed by atoms with Crippen LogP contribution in [-0.2, 0) is 6.42 Å². The fourth-order valence-electron chi connectivity index (χ4n) is 1.59. The lowest BCUT2D eigenvalue weighted by Crippen LogP contribution is -2.00. The van der Waals surface area contributed by atoms with Crippen molar-refractivity contribution in [3.05, 3.63) is 29.1 Å². The summed E-state index contributed by atoms with van der Waals surface area (Å²) in [5.74, 6) is -0.421. The van der Waals surface area contributed by atoms with Crippen LogP contribution in [-0.4, -0.2) is 18.8 Å². The summed E-state index contributed by atoms with van der Waals surface area (Å²) in [5, 5.41) is 8.73. The Balaban J connectivity index is 3.09. The molecule has 0 heterocycles. The number of alkyl halides is 1. The molecule has 0 aliphatic rings. The van der Waals surface area contributed by atoms with Crippen LogP contribution < -0.4 is 4.74 Å². The third kappa shape index (κ3) is 2.92. The first-order valence-electron chi connectivity index (χ1n) is 5.21. The summed E-state index contributed by atoms with van der Waals surface area (Å²) in [6.07, 6.45) is -0.245. The molecule has 90 valence electrons. The van der Waals surface area contributed by atoms with Crippen molar-refractivity contribution < 1.29 is 18.6 Å². The standard InChI is InChI=1S/C12H16F2O2/c1-8(13)10-6-9(4-3-5-15)12(16-2)11(14)7-10/h6-8,15H,3-5H2,1-2H3. The maximum Gasteiger partial charge on any atom is 0.165 e. The Morgan fingerprint density at radius 1 is 1.44 bits per heavy atom. The Morgan fingerprint density at radius 3 is 2.62 bits per heavy atom. The molecule has 1 N–H and O–H groups in total. The van der Waals surface area contributed by atoms with Gasteiger partial charge in [-0.15, -0.1) is 0 Å². The molecule has 1 aromatic carbocycles. The maximum atomic E-state index is 13.5. The summed E-state index contributed by atoms with van der Waals surface area (Å²) in [7, 11) is 1.37. The van der Waals surface area contributed by atoms with Crippen LogP contribution in [0.25, 0.3) is 0 Å². The number of hydrogen-bond donors (Lipinski definition) is 1. The molecule has 0 spiro atoms. The lowest BCUT2D eigenvalue weighted by Gasteiger charge is -2.12. The van der Waals surface area contributed by atoms with Gasteiger partial charge in [0.05, 0.1) is 7.11 Å². The summed E-state index contributed by atoms with van der Waals surface area (Å²) < 4.78 is 31.6. The van der Waals surface area contributed by atoms with Crippen molar-refractivity contribution in [3.63, 3.8) is 0 Å². The van der Waals surface area contributed by atoms with Gasteiger partial charge in [-0.2, -0.15) is 0 Å². The first-order chi connectivity index (χ1) is 7.60. The second-order valence-electron chi connectivity index (χ2n) is 3.64. The molecule has 0 fully saturated rings. The average Bonchev–Trinajstić information content (AvgIpc) is 2.25. The zero-order valence-corrected chi connectivity index (χ0v) is 9.46. The van der Waals surface area contributed by atoms with Crippen molar-refractivity contribution in [2.75, 3.05) is 13.7 Å². The number of aliphatic hydroxyl groups is 1. The summed E-state index contributed by atoms with van der Waals surface area (Å²) >= 11 is 0. The van der Waals surface area contributed by atoms with Gasteiger partial charge in [0.1, 0.15) is 6.17 Å². The summed E-state index contributed by atoms with van der Waals surface area (Å²) in [4.78, 5) is 0. The number of hydrogen-bond acceptors (Lipinski definition) is 2. The monoisotopic (exact) mass is 230 g/mol. The molecule has 1 unspecified atom stereocenters. The Bertz CT molecular complexity index is 351. The lowest BCUT2D eigenvalue weighted by atomic mass is 10.0. The van der Waals surface area contributed by atoms with Crippen molar-refractivity contribution in [1.29, 1.82) is 0 Å². The molecular weight excluding hydrogens is 214 g/mol. The molecule has 0 saturated heterocycles. The normalized spacial score (nSPS) is 12.6. The number of halogens is 2. The van der Waals surface area contributed by atoms with E-state index < -0.39 is 12.0 Å². The Kier molecular flexibility index (Phi) is 4.68. The van der Waals surface area contributed by atoms with Crippen molar-refractivity contribution in [2.45, 2.75) is 25.9 Å². The third-order valence-electron chi connectivity index (χ3n) is 2.41. The van der Waals surface area contributed by atoms with Crippen molar-refractivity contribution in [1.82, 2.24) is 0 Å². The molecule has 0 bridgehead atoms.